The third-order valence-corrected chi connectivity index (χ3v) is 7.38. The minimum absolute atomic E-state index is 0.0161. The summed E-state index contributed by atoms with van der Waals surface area (Å²) in [5.74, 6) is -5.58. The first-order chi connectivity index (χ1) is 14.5. The summed E-state index contributed by atoms with van der Waals surface area (Å²) >= 11 is 6.04. The number of sulfonamides is 1. The number of hydrogen-bond acceptors (Lipinski definition) is 5. The maximum atomic E-state index is 13.4. The highest BCUT2D eigenvalue weighted by atomic mass is 35.5. The van der Waals surface area contributed by atoms with Crippen molar-refractivity contribution in [1.82, 2.24) is 4.31 Å². The summed E-state index contributed by atoms with van der Waals surface area (Å²) in [6.45, 7) is -0.636. The van der Waals surface area contributed by atoms with Crippen LogP contribution in [-0.2, 0) is 10.0 Å². The van der Waals surface area contributed by atoms with E-state index in [1.165, 1.54) is 12.1 Å². The van der Waals surface area contributed by atoms with E-state index in [1.807, 2.05) is 0 Å². The van der Waals surface area contributed by atoms with Crippen LogP contribution in [0.25, 0.3) is 0 Å². The van der Waals surface area contributed by atoms with Crippen molar-refractivity contribution < 1.29 is 36.6 Å². The van der Waals surface area contributed by atoms with Gasteiger partial charge in [-0.05, 0) is 31.0 Å². The van der Waals surface area contributed by atoms with Crippen LogP contribution < -0.4 is 5.32 Å². The van der Waals surface area contributed by atoms with Gasteiger partial charge in [-0.15, -0.1) is 0 Å². The lowest BCUT2D eigenvalue weighted by Gasteiger charge is -2.36. The molecule has 0 aliphatic carbocycles. The van der Waals surface area contributed by atoms with Crippen LogP contribution >= 0.6 is 11.6 Å². The normalized spacial score (nSPS) is 16.8. The monoisotopic (exact) mass is 478 g/mol. The number of anilines is 1. The van der Waals surface area contributed by atoms with Gasteiger partial charge in [-0.25, -0.2) is 21.6 Å². The molecule has 1 heterocycles. The van der Waals surface area contributed by atoms with Gasteiger partial charge in [-0.2, -0.15) is 4.31 Å². The fourth-order valence-electron chi connectivity index (χ4n) is 3.11. The van der Waals surface area contributed by atoms with Crippen molar-refractivity contribution in [3.63, 3.8) is 0 Å². The van der Waals surface area contributed by atoms with Gasteiger partial charge in [0.05, 0.1) is 17.2 Å². The van der Waals surface area contributed by atoms with E-state index in [-0.39, 0.29) is 47.1 Å². The van der Waals surface area contributed by atoms with Crippen molar-refractivity contribution in [3.05, 3.63) is 58.4 Å². The SMILES string of the molecule is O=C(Nc1cc(F)c(F)c(F)c1)c1ccc(Cl)c(S(=O)(=O)N2CCC(O)(CO)CC2)c1. The number of aliphatic hydroxyl groups is 2. The predicted octanol–water partition coefficient (Wildman–Crippen LogP) is 2.52. The van der Waals surface area contributed by atoms with E-state index in [0.717, 1.165) is 10.4 Å². The van der Waals surface area contributed by atoms with Crippen LogP contribution in [0.2, 0.25) is 5.02 Å². The predicted molar refractivity (Wildman–Crippen MR) is 106 cm³/mol. The Labute approximate surface area is 181 Å². The van der Waals surface area contributed by atoms with Gasteiger partial charge >= 0.3 is 0 Å². The fourth-order valence-corrected chi connectivity index (χ4v) is 5.06. The summed E-state index contributed by atoms with van der Waals surface area (Å²) in [6.07, 6.45) is 0.0322. The molecule has 2 aromatic carbocycles. The van der Waals surface area contributed by atoms with Gasteiger partial charge in [-0.1, -0.05) is 11.6 Å². The molecule has 0 atom stereocenters. The molecule has 1 saturated heterocycles. The number of amides is 1. The summed E-state index contributed by atoms with van der Waals surface area (Å²) in [7, 11) is -4.14. The number of hydrogen-bond donors (Lipinski definition) is 3. The summed E-state index contributed by atoms with van der Waals surface area (Å²) < 4.78 is 66.8. The zero-order valence-electron chi connectivity index (χ0n) is 15.9. The molecule has 12 heteroatoms. The molecule has 2 aromatic rings. The Balaban J connectivity index is 1.85. The standard InChI is InChI=1S/C19H18ClF3N2O5S/c20-13-2-1-11(18(27)24-12-8-14(21)17(23)15(22)9-12)7-16(13)31(29,30)25-5-3-19(28,10-26)4-6-25/h1-2,7-9,26,28H,3-6,10H2,(H,24,27). The van der Waals surface area contributed by atoms with Gasteiger partial charge in [0.2, 0.25) is 10.0 Å². The zero-order valence-corrected chi connectivity index (χ0v) is 17.5. The molecule has 0 saturated carbocycles. The van der Waals surface area contributed by atoms with Gasteiger partial charge in [0.25, 0.3) is 5.91 Å². The summed E-state index contributed by atoms with van der Waals surface area (Å²) in [6, 6.07) is 4.58. The van der Waals surface area contributed by atoms with E-state index in [4.69, 9.17) is 11.6 Å². The molecule has 168 valence electrons. The molecule has 31 heavy (non-hydrogen) atoms. The Kier molecular flexibility index (Phi) is 6.63. The van der Waals surface area contributed by atoms with Crippen molar-refractivity contribution in [2.75, 3.05) is 25.0 Å². The number of nitrogens with zero attached hydrogens (tertiary/aromatic N) is 1. The summed E-state index contributed by atoms with van der Waals surface area (Å²) in [5, 5.41) is 21.3. The largest absolute Gasteiger partial charge is 0.393 e. The highest BCUT2D eigenvalue weighted by Gasteiger charge is 2.37. The van der Waals surface area contributed by atoms with Crippen molar-refractivity contribution in [3.8, 4) is 0 Å². The van der Waals surface area contributed by atoms with Crippen LogP contribution in [-0.4, -0.2) is 54.1 Å². The Morgan fingerprint density at radius 1 is 1.13 bits per heavy atom. The quantitative estimate of drug-likeness (QED) is 0.572. The Morgan fingerprint density at radius 3 is 2.26 bits per heavy atom. The number of benzene rings is 2. The molecule has 0 spiro atoms. The topological polar surface area (TPSA) is 107 Å². The van der Waals surface area contributed by atoms with E-state index >= 15 is 0 Å². The summed E-state index contributed by atoms with van der Waals surface area (Å²) in [5.41, 5.74) is -1.89. The second kappa shape index (κ2) is 8.75. The number of carbonyl (C=O) groups is 1. The van der Waals surface area contributed by atoms with Crippen LogP contribution in [0.1, 0.15) is 23.2 Å². The van der Waals surface area contributed by atoms with Gasteiger partial charge in [-0.3, -0.25) is 4.79 Å². The Bertz CT molecular complexity index is 1100. The smallest absolute Gasteiger partial charge is 0.255 e. The number of aliphatic hydroxyl groups excluding tert-OH is 1. The molecule has 1 aliphatic rings. The summed E-state index contributed by atoms with van der Waals surface area (Å²) in [4.78, 5) is 12.1. The molecule has 1 fully saturated rings. The van der Waals surface area contributed by atoms with Crippen molar-refractivity contribution in [2.24, 2.45) is 0 Å². The lowest BCUT2D eigenvalue weighted by Crippen LogP contribution is -2.48. The molecule has 0 unspecified atom stereocenters. The van der Waals surface area contributed by atoms with Gasteiger partial charge in [0.15, 0.2) is 17.5 Å². The van der Waals surface area contributed by atoms with Crippen LogP contribution in [0.3, 0.4) is 0 Å². The highest BCUT2D eigenvalue weighted by Crippen LogP contribution is 2.30. The average Bonchev–Trinajstić information content (AvgIpc) is 2.72. The first kappa shape index (κ1) is 23.5. The van der Waals surface area contributed by atoms with Crippen LogP contribution in [0.5, 0.6) is 0 Å². The van der Waals surface area contributed by atoms with Gasteiger partial charge in [0, 0.05) is 36.5 Å². The molecular weight excluding hydrogens is 461 g/mol. The molecule has 0 aromatic heterocycles. The number of carbonyl (C=O) groups excluding carboxylic acids is 1. The molecule has 0 bridgehead atoms. The maximum absolute atomic E-state index is 13.4. The minimum Gasteiger partial charge on any atom is -0.393 e. The van der Waals surface area contributed by atoms with E-state index in [0.29, 0.717) is 12.1 Å². The second-order valence-corrected chi connectivity index (χ2v) is 9.45. The first-order valence-corrected chi connectivity index (χ1v) is 10.9. The molecule has 1 aliphatic heterocycles. The first-order valence-electron chi connectivity index (χ1n) is 9.06. The van der Waals surface area contributed by atoms with E-state index in [1.54, 1.807) is 0 Å². The van der Waals surface area contributed by atoms with E-state index in [2.05, 4.69) is 5.32 Å². The van der Waals surface area contributed by atoms with Gasteiger partial charge in [0.1, 0.15) is 4.90 Å². The zero-order chi connectivity index (χ0) is 23.0. The van der Waals surface area contributed by atoms with Crippen LogP contribution in [0.15, 0.2) is 35.2 Å². The lowest BCUT2D eigenvalue weighted by molar-refractivity contribution is -0.0480. The number of nitrogens with one attached hydrogen (secondary N) is 1. The lowest BCUT2D eigenvalue weighted by atomic mass is 9.94. The van der Waals surface area contributed by atoms with Gasteiger partial charge < -0.3 is 15.5 Å². The maximum Gasteiger partial charge on any atom is 0.255 e. The molecule has 0 radical (unpaired) electrons. The molecule has 1 amide bonds. The molecule has 3 N–H and O–H groups in total. The molecule has 3 rings (SSSR count). The minimum atomic E-state index is -4.14. The third-order valence-electron chi connectivity index (χ3n) is 5.00. The highest BCUT2D eigenvalue weighted by molar-refractivity contribution is 7.89. The van der Waals surface area contributed by atoms with E-state index < -0.39 is 45.6 Å². The van der Waals surface area contributed by atoms with Crippen LogP contribution in [0, 0.1) is 17.5 Å². The van der Waals surface area contributed by atoms with Crippen LogP contribution in [0.4, 0.5) is 18.9 Å². The molecule has 7 nitrogen and oxygen atoms in total. The van der Waals surface area contributed by atoms with E-state index in [9.17, 15) is 36.6 Å². The second-order valence-electron chi connectivity index (χ2n) is 7.14. The number of piperidine rings is 1. The van der Waals surface area contributed by atoms with Crippen molar-refractivity contribution in [2.45, 2.75) is 23.3 Å². The number of rotatable bonds is 5. The third kappa shape index (κ3) is 4.85. The average molecular weight is 479 g/mol. The van der Waals surface area contributed by atoms with Crippen molar-refractivity contribution in [1.29, 1.82) is 0 Å². The van der Waals surface area contributed by atoms with Crippen molar-refractivity contribution >= 4 is 33.2 Å². The Hall–Kier alpha value is -2.18. The number of halogens is 4. The Morgan fingerprint density at radius 2 is 1.71 bits per heavy atom. The fraction of sp³-hybridized carbons (Fsp3) is 0.316. The molecular formula is C19H18ClF3N2O5S.